The molecule has 1 aliphatic rings. The summed E-state index contributed by atoms with van der Waals surface area (Å²) in [5, 5.41) is 3.39. The summed E-state index contributed by atoms with van der Waals surface area (Å²) in [6.45, 7) is 1.96. The number of aromatic nitrogens is 1. The molecule has 1 aromatic heterocycles. The number of nitrogens with one attached hydrogen (secondary N) is 1. The summed E-state index contributed by atoms with van der Waals surface area (Å²) in [7, 11) is 1.65. The third-order valence-corrected chi connectivity index (χ3v) is 3.94. The second kappa shape index (κ2) is 4.90. The molecule has 0 saturated carbocycles. The minimum atomic E-state index is 0.659. The van der Waals surface area contributed by atoms with E-state index in [-0.39, 0.29) is 0 Å². The number of oxazole rings is 1. The molecular formula is C17H16N2O2. The molecule has 0 saturated heterocycles. The SMILES string of the molecule is COc1ccc2nc(-c3ccc4c(c3)CNCC4)oc2c1. The Morgan fingerprint density at radius 2 is 2.10 bits per heavy atom. The molecule has 0 fully saturated rings. The molecule has 0 spiro atoms. The number of methoxy groups -OCH3 is 1. The van der Waals surface area contributed by atoms with Crippen LogP contribution in [0.5, 0.6) is 5.75 Å². The molecule has 2 aromatic carbocycles. The van der Waals surface area contributed by atoms with Crippen LogP contribution >= 0.6 is 0 Å². The number of hydrogen-bond donors (Lipinski definition) is 1. The second-order valence-electron chi connectivity index (χ2n) is 5.26. The first-order valence-corrected chi connectivity index (χ1v) is 7.11. The van der Waals surface area contributed by atoms with Crippen LogP contribution in [-0.4, -0.2) is 18.6 Å². The van der Waals surface area contributed by atoms with E-state index < -0.39 is 0 Å². The average molecular weight is 280 g/mol. The van der Waals surface area contributed by atoms with E-state index in [0.717, 1.165) is 41.9 Å². The van der Waals surface area contributed by atoms with E-state index in [1.54, 1.807) is 7.11 Å². The molecule has 0 bridgehead atoms. The van der Waals surface area contributed by atoms with E-state index in [1.807, 2.05) is 18.2 Å². The fourth-order valence-electron chi connectivity index (χ4n) is 2.77. The lowest BCUT2D eigenvalue weighted by Gasteiger charge is -2.17. The first-order chi connectivity index (χ1) is 10.3. The van der Waals surface area contributed by atoms with Gasteiger partial charge in [0.2, 0.25) is 5.89 Å². The molecule has 0 unspecified atom stereocenters. The van der Waals surface area contributed by atoms with Gasteiger partial charge in [0.05, 0.1) is 7.11 Å². The van der Waals surface area contributed by atoms with Crippen molar-refractivity contribution in [2.24, 2.45) is 0 Å². The molecule has 0 amide bonds. The summed E-state index contributed by atoms with van der Waals surface area (Å²) in [5.74, 6) is 1.44. The smallest absolute Gasteiger partial charge is 0.227 e. The molecule has 21 heavy (non-hydrogen) atoms. The van der Waals surface area contributed by atoms with Crippen molar-refractivity contribution in [2.45, 2.75) is 13.0 Å². The number of nitrogens with zero attached hydrogens (tertiary/aromatic N) is 1. The van der Waals surface area contributed by atoms with E-state index in [2.05, 4.69) is 28.5 Å². The lowest BCUT2D eigenvalue weighted by Crippen LogP contribution is -2.23. The Labute approximate surface area is 122 Å². The van der Waals surface area contributed by atoms with Crippen LogP contribution in [0.4, 0.5) is 0 Å². The topological polar surface area (TPSA) is 47.3 Å². The van der Waals surface area contributed by atoms with Crippen LogP contribution < -0.4 is 10.1 Å². The molecule has 0 aliphatic carbocycles. The zero-order valence-electron chi connectivity index (χ0n) is 11.8. The van der Waals surface area contributed by atoms with Gasteiger partial charge in [-0.1, -0.05) is 6.07 Å². The number of fused-ring (bicyclic) bond motifs is 2. The second-order valence-corrected chi connectivity index (χ2v) is 5.26. The van der Waals surface area contributed by atoms with Gasteiger partial charge in [-0.2, -0.15) is 0 Å². The van der Waals surface area contributed by atoms with Crippen LogP contribution in [0, 0.1) is 0 Å². The zero-order valence-corrected chi connectivity index (χ0v) is 11.8. The zero-order chi connectivity index (χ0) is 14.2. The van der Waals surface area contributed by atoms with Crippen molar-refractivity contribution >= 4 is 11.1 Å². The van der Waals surface area contributed by atoms with Gasteiger partial charge in [-0.05, 0) is 48.4 Å². The largest absolute Gasteiger partial charge is 0.497 e. The summed E-state index contributed by atoms with van der Waals surface area (Å²) in [5.41, 5.74) is 5.36. The van der Waals surface area contributed by atoms with Crippen molar-refractivity contribution in [3.8, 4) is 17.2 Å². The van der Waals surface area contributed by atoms with Gasteiger partial charge in [0.25, 0.3) is 0 Å². The predicted molar refractivity (Wildman–Crippen MR) is 81.4 cm³/mol. The van der Waals surface area contributed by atoms with Crippen LogP contribution in [0.15, 0.2) is 40.8 Å². The molecule has 0 atom stereocenters. The van der Waals surface area contributed by atoms with E-state index in [1.165, 1.54) is 11.1 Å². The maximum atomic E-state index is 5.88. The van der Waals surface area contributed by atoms with E-state index >= 15 is 0 Å². The van der Waals surface area contributed by atoms with E-state index in [4.69, 9.17) is 9.15 Å². The molecule has 2 heterocycles. The first kappa shape index (κ1) is 12.4. The monoisotopic (exact) mass is 280 g/mol. The molecule has 3 aromatic rings. The van der Waals surface area contributed by atoms with Crippen LogP contribution in [0.2, 0.25) is 0 Å². The molecular weight excluding hydrogens is 264 g/mol. The molecule has 4 heteroatoms. The quantitative estimate of drug-likeness (QED) is 0.783. The number of ether oxygens (including phenoxy) is 1. The summed E-state index contributed by atoms with van der Waals surface area (Å²) in [6, 6.07) is 12.1. The van der Waals surface area contributed by atoms with Gasteiger partial charge in [0, 0.05) is 18.2 Å². The maximum Gasteiger partial charge on any atom is 0.227 e. The maximum absolute atomic E-state index is 5.88. The minimum Gasteiger partial charge on any atom is -0.497 e. The van der Waals surface area contributed by atoms with Crippen LogP contribution in [0.25, 0.3) is 22.6 Å². The highest BCUT2D eigenvalue weighted by molar-refractivity contribution is 5.77. The van der Waals surface area contributed by atoms with Crippen molar-refractivity contribution < 1.29 is 9.15 Å². The van der Waals surface area contributed by atoms with Crippen LogP contribution in [0.1, 0.15) is 11.1 Å². The Morgan fingerprint density at radius 1 is 1.14 bits per heavy atom. The van der Waals surface area contributed by atoms with Gasteiger partial charge in [-0.3, -0.25) is 0 Å². The van der Waals surface area contributed by atoms with Gasteiger partial charge in [-0.15, -0.1) is 0 Å². The summed E-state index contributed by atoms with van der Waals surface area (Å²) < 4.78 is 11.1. The average Bonchev–Trinajstić information content (AvgIpc) is 2.97. The summed E-state index contributed by atoms with van der Waals surface area (Å²) in [4.78, 5) is 4.56. The van der Waals surface area contributed by atoms with Crippen molar-refractivity contribution in [1.29, 1.82) is 0 Å². The van der Waals surface area contributed by atoms with Crippen molar-refractivity contribution in [3.63, 3.8) is 0 Å². The predicted octanol–water partition coefficient (Wildman–Crippen LogP) is 3.15. The van der Waals surface area contributed by atoms with Crippen molar-refractivity contribution in [1.82, 2.24) is 10.3 Å². The number of rotatable bonds is 2. The van der Waals surface area contributed by atoms with Gasteiger partial charge in [-0.25, -0.2) is 4.98 Å². The fourth-order valence-corrected chi connectivity index (χ4v) is 2.77. The molecule has 0 radical (unpaired) electrons. The number of benzene rings is 2. The lowest BCUT2D eigenvalue weighted by molar-refractivity contribution is 0.414. The Balaban J connectivity index is 1.78. The molecule has 106 valence electrons. The van der Waals surface area contributed by atoms with Gasteiger partial charge < -0.3 is 14.5 Å². The van der Waals surface area contributed by atoms with Crippen LogP contribution in [0.3, 0.4) is 0 Å². The van der Waals surface area contributed by atoms with Gasteiger partial charge in [0.1, 0.15) is 11.3 Å². The summed E-state index contributed by atoms with van der Waals surface area (Å²) >= 11 is 0. The summed E-state index contributed by atoms with van der Waals surface area (Å²) in [6.07, 6.45) is 1.08. The van der Waals surface area contributed by atoms with Crippen molar-refractivity contribution in [2.75, 3.05) is 13.7 Å². The molecule has 1 N–H and O–H groups in total. The van der Waals surface area contributed by atoms with Gasteiger partial charge in [0.15, 0.2) is 5.58 Å². The number of hydrogen-bond acceptors (Lipinski definition) is 4. The third kappa shape index (κ3) is 2.17. The normalized spacial score (nSPS) is 14.1. The molecule has 4 nitrogen and oxygen atoms in total. The Morgan fingerprint density at radius 3 is 3.00 bits per heavy atom. The molecule has 1 aliphatic heterocycles. The first-order valence-electron chi connectivity index (χ1n) is 7.11. The highest BCUT2D eigenvalue weighted by Gasteiger charge is 2.13. The highest BCUT2D eigenvalue weighted by Crippen LogP contribution is 2.28. The molecule has 4 rings (SSSR count). The van der Waals surface area contributed by atoms with Crippen LogP contribution in [-0.2, 0) is 13.0 Å². The minimum absolute atomic E-state index is 0.659. The standard InChI is InChI=1S/C17H16N2O2/c1-20-14-4-5-15-16(9-14)21-17(19-15)12-3-2-11-6-7-18-10-13(11)8-12/h2-5,8-9,18H,6-7,10H2,1H3. The van der Waals surface area contributed by atoms with Crippen molar-refractivity contribution in [3.05, 3.63) is 47.5 Å². The van der Waals surface area contributed by atoms with E-state index in [0.29, 0.717) is 5.89 Å². The van der Waals surface area contributed by atoms with Gasteiger partial charge >= 0.3 is 0 Å². The highest BCUT2D eigenvalue weighted by atomic mass is 16.5. The van der Waals surface area contributed by atoms with E-state index in [9.17, 15) is 0 Å². The Hall–Kier alpha value is -2.33. The lowest BCUT2D eigenvalue weighted by atomic mass is 9.98. The fraction of sp³-hybridized carbons (Fsp3) is 0.235. The Bertz CT molecular complexity index is 808. The Kier molecular flexibility index (Phi) is 2.89. The third-order valence-electron chi connectivity index (χ3n) is 3.94.